The van der Waals surface area contributed by atoms with Crippen LogP contribution in [0.15, 0.2) is 42.5 Å². The van der Waals surface area contributed by atoms with Crippen molar-refractivity contribution in [3.05, 3.63) is 63.6 Å². The zero-order valence-corrected chi connectivity index (χ0v) is 12.4. The van der Waals surface area contributed by atoms with Gasteiger partial charge in [0.15, 0.2) is 0 Å². The monoisotopic (exact) mass is 305 g/mol. The maximum absolute atomic E-state index is 12.2. The first-order chi connectivity index (χ1) is 9.58. The summed E-state index contributed by atoms with van der Waals surface area (Å²) in [6, 6.07) is 13.3. The van der Waals surface area contributed by atoms with Gasteiger partial charge in [-0.2, -0.15) is 0 Å². The number of hydrogen-bond donors (Lipinski definition) is 1. The molecule has 2 atom stereocenters. The standard InChI is InChI=1S/C16H13Cl2NO/c1-9(10-6-7-12(17)13(18)8-10)15-11-4-2-3-5-14(11)19-16(15)20/h2-9,15H,1H3,(H,19,20). The predicted molar refractivity (Wildman–Crippen MR) is 82.7 cm³/mol. The number of benzene rings is 2. The molecule has 0 saturated heterocycles. The van der Waals surface area contributed by atoms with E-state index in [2.05, 4.69) is 5.32 Å². The molecule has 0 radical (unpaired) electrons. The second-order valence-corrected chi connectivity index (χ2v) is 5.83. The van der Waals surface area contributed by atoms with Crippen LogP contribution in [0.25, 0.3) is 0 Å². The second kappa shape index (κ2) is 5.12. The van der Waals surface area contributed by atoms with E-state index >= 15 is 0 Å². The van der Waals surface area contributed by atoms with Crippen LogP contribution in [0.4, 0.5) is 5.69 Å². The van der Waals surface area contributed by atoms with E-state index in [0.717, 1.165) is 16.8 Å². The Balaban J connectivity index is 2.00. The van der Waals surface area contributed by atoms with Gasteiger partial charge in [0.2, 0.25) is 5.91 Å². The minimum absolute atomic E-state index is 0.0322. The van der Waals surface area contributed by atoms with Crippen LogP contribution in [0, 0.1) is 0 Å². The molecule has 20 heavy (non-hydrogen) atoms. The fourth-order valence-electron chi connectivity index (χ4n) is 2.72. The smallest absolute Gasteiger partial charge is 0.232 e. The van der Waals surface area contributed by atoms with Crippen LogP contribution in [0.3, 0.4) is 0 Å². The van der Waals surface area contributed by atoms with Gasteiger partial charge in [0.1, 0.15) is 0 Å². The van der Waals surface area contributed by atoms with Gasteiger partial charge in [-0.15, -0.1) is 0 Å². The van der Waals surface area contributed by atoms with Crippen molar-refractivity contribution in [3.8, 4) is 0 Å². The van der Waals surface area contributed by atoms with Gasteiger partial charge in [-0.25, -0.2) is 0 Å². The maximum atomic E-state index is 12.2. The zero-order valence-electron chi connectivity index (χ0n) is 10.9. The Labute approximate surface area is 127 Å². The van der Waals surface area contributed by atoms with Gasteiger partial charge in [-0.1, -0.05) is 54.4 Å². The summed E-state index contributed by atoms with van der Waals surface area (Å²) in [5.41, 5.74) is 2.95. The highest BCUT2D eigenvalue weighted by Crippen LogP contribution is 2.42. The van der Waals surface area contributed by atoms with Crippen LogP contribution in [-0.4, -0.2) is 5.91 Å². The third kappa shape index (κ3) is 2.19. The highest BCUT2D eigenvalue weighted by molar-refractivity contribution is 6.42. The van der Waals surface area contributed by atoms with Crippen molar-refractivity contribution in [1.29, 1.82) is 0 Å². The van der Waals surface area contributed by atoms with E-state index in [-0.39, 0.29) is 17.7 Å². The topological polar surface area (TPSA) is 29.1 Å². The Morgan fingerprint density at radius 1 is 1.10 bits per heavy atom. The Hall–Kier alpha value is -1.51. The van der Waals surface area contributed by atoms with Crippen LogP contribution in [0.2, 0.25) is 10.0 Å². The van der Waals surface area contributed by atoms with Crippen molar-refractivity contribution in [1.82, 2.24) is 0 Å². The maximum Gasteiger partial charge on any atom is 0.232 e. The summed E-state index contributed by atoms with van der Waals surface area (Å²) < 4.78 is 0. The fraction of sp³-hybridized carbons (Fsp3) is 0.188. The molecule has 1 N–H and O–H groups in total. The molecule has 2 unspecified atom stereocenters. The lowest BCUT2D eigenvalue weighted by molar-refractivity contribution is -0.117. The summed E-state index contributed by atoms with van der Waals surface area (Å²) in [4.78, 5) is 12.2. The van der Waals surface area contributed by atoms with Crippen molar-refractivity contribution in [2.24, 2.45) is 0 Å². The number of nitrogens with one attached hydrogen (secondary N) is 1. The summed E-state index contributed by atoms with van der Waals surface area (Å²) >= 11 is 12.0. The van der Waals surface area contributed by atoms with Crippen molar-refractivity contribution in [2.45, 2.75) is 18.8 Å². The Morgan fingerprint density at radius 3 is 2.60 bits per heavy atom. The van der Waals surface area contributed by atoms with E-state index in [1.165, 1.54) is 0 Å². The first kappa shape index (κ1) is 13.5. The summed E-state index contributed by atoms with van der Waals surface area (Å²) in [7, 11) is 0. The fourth-order valence-corrected chi connectivity index (χ4v) is 3.02. The molecule has 0 saturated carbocycles. The highest BCUT2D eigenvalue weighted by atomic mass is 35.5. The molecule has 0 spiro atoms. The van der Waals surface area contributed by atoms with Gasteiger partial charge >= 0.3 is 0 Å². The van der Waals surface area contributed by atoms with Crippen molar-refractivity contribution >= 4 is 34.8 Å². The van der Waals surface area contributed by atoms with E-state index in [0.29, 0.717) is 10.0 Å². The van der Waals surface area contributed by atoms with Gasteiger partial charge in [-0.3, -0.25) is 4.79 Å². The highest BCUT2D eigenvalue weighted by Gasteiger charge is 2.35. The lowest BCUT2D eigenvalue weighted by Crippen LogP contribution is -2.17. The van der Waals surface area contributed by atoms with Gasteiger partial charge in [-0.05, 0) is 35.2 Å². The third-order valence-corrected chi connectivity index (χ3v) is 4.54. The summed E-state index contributed by atoms with van der Waals surface area (Å²) in [5, 5.41) is 3.97. The number of para-hydroxylation sites is 1. The average molecular weight is 306 g/mol. The Kier molecular flexibility index (Phi) is 3.45. The number of anilines is 1. The summed E-state index contributed by atoms with van der Waals surface area (Å²) in [6.07, 6.45) is 0. The van der Waals surface area contributed by atoms with Gasteiger partial charge in [0.25, 0.3) is 0 Å². The van der Waals surface area contributed by atoms with Crippen LogP contribution < -0.4 is 5.32 Å². The van der Waals surface area contributed by atoms with E-state index in [9.17, 15) is 4.79 Å². The summed E-state index contributed by atoms with van der Waals surface area (Å²) in [6.45, 7) is 2.03. The lowest BCUT2D eigenvalue weighted by Gasteiger charge is -2.19. The van der Waals surface area contributed by atoms with Crippen molar-refractivity contribution in [3.63, 3.8) is 0 Å². The first-order valence-corrected chi connectivity index (χ1v) is 7.18. The zero-order chi connectivity index (χ0) is 14.3. The third-order valence-electron chi connectivity index (χ3n) is 3.81. The Bertz CT molecular complexity index is 684. The number of hydrogen-bond acceptors (Lipinski definition) is 1. The molecule has 102 valence electrons. The molecular weight excluding hydrogens is 293 g/mol. The number of carbonyl (C=O) groups is 1. The Morgan fingerprint density at radius 2 is 1.85 bits per heavy atom. The number of amides is 1. The second-order valence-electron chi connectivity index (χ2n) is 5.02. The molecule has 2 aromatic rings. The molecule has 1 heterocycles. The molecule has 1 amide bonds. The molecule has 2 aromatic carbocycles. The number of rotatable bonds is 2. The largest absolute Gasteiger partial charge is 0.325 e. The molecule has 0 fully saturated rings. The molecule has 2 nitrogen and oxygen atoms in total. The number of fused-ring (bicyclic) bond motifs is 1. The molecule has 1 aliphatic heterocycles. The number of carbonyl (C=O) groups excluding carboxylic acids is 1. The van der Waals surface area contributed by atoms with Crippen molar-refractivity contribution in [2.75, 3.05) is 5.32 Å². The van der Waals surface area contributed by atoms with Crippen molar-refractivity contribution < 1.29 is 4.79 Å². The van der Waals surface area contributed by atoms with E-state index in [1.807, 2.05) is 43.3 Å². The van der Waals surface area contributed by atoms with Gasteiger partial charge in [0, 0.05) is 5.69 Å². The minimum atomic E-state index is -0.191. The molecule has 0 aliphatic carbocycles. The van der Waals surface area contributed by atoms with E-state index in [4.69, 9.17) is 23.2 Å². The van der Waals surface area contributed by atoms with Crippen LogP contribution in [0.1, 0.15) is 29.9 Å². The molecule has 0 aromatic heterocycles. The predicted octanol–water partition coefficient (Wildman–Crippen LogP) is 4.83. The number of halogens is 2. The van der Waals surface area contributed by atoms with Gasteiger partial charge < -0.3 is 5.32 Å². The first-order valence-electron chi connectivity index (χ1n) is 6.42. The molecule has 0 bridgehead atoms. The average Bonchev–Trinajstić information content (AvgIpc) is 2.77. The quantitative estimate of drug-likeness (QED) is 0.845. The normalized spacial score (nSPS) is 18.6. The van der Waals surface area contributed by atoms with Crippen LogP contribution >= 0.6 is 23.2 Å². The minimum Gasteiger partial charge on any atom is -0.325 e. The molecule has 1 aliphatic rings. The molecule has 4 heteroatoms. The van der Waals surface area contributed by atoms with Crippen LogP contribution in [0.5, 0.6) is 0 Å². The summed E-state index contributed by atoms with van der Waals surface area (Å²) in [5.74, 6) is -0.123. The van der Waals surface area contributed by atoms with Crippen LogP contribution in [-0.2, 0) is 4.79 Å². The SMILES string of the molecule is CC(c1ccc(Cl)c(Cl)c1)C1C(=O)Nc2ccccc21. The molecule has 3 rings (SSSR count). The lowest BCUT2D eigenvalue weighted by atomic mass is 9.83. The molecular formula is C16H13Cl2NO. The van der Waals surface area contributed by atoms with Gasteiger partial charge in [0.05, 0.1) is 16.0 Å². The van der Waals surface area contributed by atoms with E-state index in [1.54, 1.807) is 6.07 Å². The van der Waals surface area contributed by atoms with E-state index < -0.39 is 0 Å².